The van der Waals surface area contributed by atoms with Gasteiger partial charge in [-0.15, -0.1) is 0 Å². The monoisotopic (exact) mass is 455 g/mol. The zero-order valence-corrected chi connectivity index (χ0v) is 27.1. The fourth-order valence-electron chi connectivity index (χ4n) is 2.09. The number of hydrogen-bond acceptors (Lipinski definition) is 0. The molecule has 0 atom stereocenters. The molecule has 29 heavy (non-hydrogen) atoms. The van der Waals surface area contributed by atoms with Crippen molar-refractivity contribution in [3.8, 4) is 45.5 Å². The Bertz CT molecular complexity index is 642. The molecule has 0 rings (SSSR count). The van der Waals surface area contributed by atoms with E-state index in [2.05, 4.69) is 129 Å². The van der Waals surface area contributed by atoms with Gasteiger partial charge in [0.05, 0.1) is 0 Å². The lowest BCUT2D eigenvalue weighted by molar-refractivity contribution is 0.760. The molecular weight excluding hydrogens is 411 g/mol. The summed E-state index contributed by atoms with van der Waals surface area (Å²) in [5.41, 5.74) is 14.3. The summed E-state index contributed by atoms with van der Waals surface area (Å²) >= 11 is 0. The van der Waals surface area contributed by atoms with Crippen LogP contribution < -0.4 is 0 Å². The zero-order chi connectivity index (χ0) is 23.0. The second-order valence-electron chi connectivity index (χ2n) is 13.1. The average molecular weight is 456 g/mol. The van der Waals surface area contributed by atoms with Crippen molar-refractivity contribution in [1.29, 1.82) is 0 Å². The lowest BCUT2D eigenvalue weighted by Crippen LogP contribution is -2.30. The molecule has 0 aromatic heterocycles. The van der Waals surface area contributed by atoms with Crippen LogP contribution in [-0.4, -0.2) is 44.2 Å². The van der Waals surface area contributed by atoms with Gasteiger partial charge in [-0.05, 0) is 20.2 Å². The molecule has 0 heterocycles. The molecule has 0 radical (unpaired) electrons. The van der Waals surface area contributed by atoms with Crippen LogP contribution in [0.3, 0.4) is 0 Å². The van der Waals surface area contributed by atoms with Gasteiger partial charge in [-0.1, -0.05) is 83.1 Å². The summed E-state index contributed by atoms with van der Waals surface area (Å²) in [5, 5.41) is 1.29. The molecule has 0 nitrogen and oxygen atoms in total. The Morgan fingerprint density at radius 3 is 0.690 bits per heavy atom. The highest BCUT2D eigenvalue weighted by molar-refractivity contribution is 7.08. The van der Waals surface area contributed by atoms with Crippen LogP contribution in [0.1, 0.15) is 83.1 Å². The summed E-state index contributed by atoms with van der Waals surface area (Å²) < 4.78 is 0. The van der Waals surface area contributed by atoms with Crippen LogP contribution in [0.4, 0.5) is 0 Å². The van der Waals surface area contributed by atoms with E-state index in [1.807, 2.05) is 0 Å². The predicted molar refractivity (Wildman–Crippen MR) is 150 cm³/mol. The van der Waals surface area contributed by atoms with E-state index in [1.54, 1.807) is 0 Å². The van der Waals surface area contributed by atoms with E-state index in [9.17, 15) is 0 Å². The summed E-state index contributed by atoms with van der Waals surface area (Å²) in [4.78, 5) is 0. The summed E-state index contributed by atoms with van der Waals surface area (Å²) in [6, 6.07) is 0. The molecular formula is C24H44BSi4-. The summed E-state index contributed by atoms with van der Waals surface area (Å²) in [6.45, 7) is 27.5. The molecule has 0 fully saturated rings. The molecule has 0 unspecified atom stereocenters. The minimum Gasteiger partial charge on any atom is -0.278 e. The normalized spacial score (nSPS) is 15.6. The molecule has 0 saturated heterocycles. The van der Waals surface area contributed by atoms with Gasteiger partial charge in [0.2, 0.25) is 0 Å². The lowest BCUT2D eigenvalue weighted by atomic mass is 9.28. The summed E-state index contributed by atoms with van der Waals surface area (Å²) in [6.07, 6.45) is -1.53. The summed E-state index contributed by atoms with van der Waals surface area (Å²) in [5.74, 6) is 14.3. The minimum atomic E-state index is -1.53. The van der Waals surface area contributed by atoms with Gasteiger partial charge in [0, 0.05) is 0 Å². The van der Waals surface area contributed by atoms with Gasteiger partial charge in [0.25, 0.3) is 6.15 Å². The van der Waals surface area contributed by atoms with Crippen molar-refractivity contribution >= 4 is 44.2 Å². The molecule has 0 N–H and O–H groups in total. The lowest BCUT2D eigenvalue weighted by Gasteiger charge is -2.21. The van der Waals surface area contributed by atoms with Gasteiger partial charge in [-0.25, -0.2) is 0 Å². The molecule has 0 bridgehead atoms. The quantitative estimate of drug-likeness (QED) is 0.389. The molecule has 0 amide bonds. The fourth-order valence-corrected chi connectivity index (χ4v) is 5.85. The first-order valence-corrected chi connectivity index (χ1v) is 16.6. The molecule has 0 aromatic carbocycles. The number of rotatable bonds is 0. The molecule has 0 saturated carbocycles. The second kappa shape index (κ2) is 11.0. The van der Waals surface area contributed by atoms with Gasteiger partial charge < -0.3 is 0 Å². The largest absolute Gasteiger partial charge is 0.278 e. The van der Waals surface area contributed by atoms with Crippen molar-refractivity contribution in [2.24, 2.45) is 0 Å². The molecule has 0 aliphatic carbocycles. The van der Waals surface area contributed by atoms with Crippen LogP contribution in [-0.2, 0) is 0 Å². The summed E-state index contributed by atoms with van der Waals surface area (Å²) in [7, 11) is -1.99. The van der Waals surface area contributed by atoms with Gasteiger partial charge in [-0.2, -0.15) is 22.2 Å². The average Bonchev–Trinajstić information content (AvgIpc) is 2.41. The van der Waals surface area contributed by atoms with Crippen LogP contribution in [0.25, 0.3) is 0 Å². The van der Waals surface area contributed by atoms with Crippen LogP contribution in [0.5, 0.6) is 0 Å². The highest BCUT2D eigenvalue weighted by Crippen LogP contribution is 2.21. The Labute approximate surface area is 192 Å². The minimum absolute atomic E-state index is 0.323. The number of hydrogen-bond donors (Lipinski definition) is 0. The Morgan fingerprint density at radius 1 is 0.379 bits per heavy atom. The smallest absolute Gasteiger partial charge is 0.268 e. The van der Waals surface area contributed by atoms with Crippen molar-refractivity contribution in [1.82, 2.24) is 0 Å². The molecule has 5 heteroatoms. The first-order chi connectivity index (χ1) is 12.8. The maximum Gasteiger partial charge on any atom is 0.268 e. The first kappa shape index (κ1) is 28.2. The first-order valence-electron chi connectivity index (χ1n) is 11.0. The van der Waals surface area contributed by atoms with E-state index in [0.717, 1.165) is 0 Å². The van der Waals surface area contributed by atoms with Crippen molar-refractivity contribution in [3.05, 3.63) is 0 Å². The van der Waals surface area contributed by atoms with E-state index in [1.165, 1.54) is 0 Å². The molecule has 0 spiro atoms. The topological polar surface area (TPSA) is 0 Å². The van der Waals surface area contributed by atoms with Crippen molar-refractivity contribution in [2.45, 2.75) is 103 Å². The van der Waals surface area contributed by atoms with Gasteiger partial charge in [0.15, 0.2) is 0 Å². The Hall–Kier alpha value is -0.828. The van der Waals surface area contributed by atoms with Crippen LogP contribution in [0.2, 0.25) is 20.2 Å². The van der Waals surface area contributed by atoms with Gasteiger partial charge in [-0.3, -0.25) is 23.3 Å². The Balaban J connectivity index is 6.28. The highest BCUT2D eigenvalue weighted by atomic mass is 28.2. The van der Waals surface area contributed by atoms with E-state index < -0.39 is 44.2 Å². The standard InChI is InChI=1S/C24H44BSi4/c1-21(2,3)26-17-13-25(14-18-27-22(4,5)6,15-19-28-23(7,8)9)16-20-29-24(10,11)12/h26-29H2,1-12H3/q-1. The molecule has 0 aliphatic rings. The van der Waals surface area contributed by atoms with Crippen molar-refractivity contribution in [3.63, 3.8) is 0 Å². The van der Waals surface area contributed by atoms with Gasteiger partial charge in [0.1, 0.15) is 38.1 Å². The fraction of sp³-hybridized carbons (Fsp3) is 0.667. The third kappa shape index (κ3) is 17.7. The third-order valence-electron chi connectivity index (χ3n) is 3.75. The SMILES string of the molecule is CC(C)(C)[SiH2]C#C[B-](C#C[SiH2]C(C)(C)C)(C#C[SiH2]C(C)(C)C)C#C[SiH2]C(C)(C)C. The predicted octanol–water partition coefficient (Wildman–Crippen LogP) is 2.98. The maximum absolute atomic E-state index is 3.57. The maximum atomic E-state index is 3.57. The molecule has 0 aliphatic heterocycles. The third-order valence-corrected chi connectivity index (χ3v) is 9.52. The van der Waals surface area contributed by atoms with E-state index in [-0.39, 0.29) is 0 Å². The zero-order valence-electron chi connectivity index (χ0n) is 21.4. The van der Waals surface area contributed by atoms with E-state index >= 15 is 0 Å². The Morgan fingerprint density at radius 2 is 0.552 bits per heavy atom. The Kier molecular flexibility index (Phi) is 10.7. The van der Waals surface area contributed by atoms with Crippen LogP contribution >= 0.6 is 0 Å². The second-order valence-corrected chi connectivity index (χ2v) is 24.4. The van der Waals surface area contributed by atoms with Gasteiger partial charge >= 0.3 is 0 Å². The highest BCUT2D eigenvalue weighted by Gasteiger charge is 2.17. The van der Waals surface area contributed by atoms with Crippen LogP contribution in [0.15, 0.2) is 0 Å². The van der Waals surface area contributed by atoms with E-state index in [0.29, 0.717) is 20.2 Å². The van der Waals surface area contributed by atoms with E-state index in [4.69, 9.17) is 0 Å². The van der Waals surface area contributed by atoms with Crippen molar-refractivity contribution < 1.29 is 0 Å². The molecule has 0 aromatic rings. The van der Waals surface area contributed by atoms with Crippen LogP contribution in [0, 0.1) is 45.5 Å². The van der Waals surface area contributed by atoms with Crippen molar-refractivity contribution in [2.75, 3.05) is 0 Å². The molecule has 160 valence electrons.